The van der Waals surface area contributed by atoms with Crippen LogP contribution in [0.25, 0.3) is 0 Å². The van der Waals surface area contributed by atoms with Crippen molar-refractivity contribution in [1.29, 1.82) is 0 Å². The van der Waals surface area contributed by atoms with Crippen molar-refractivity contribution in [3.8, 4) is 0 Å². The maximum Gasteiger partial charge on any atom is 0.264 e. The van der Waals surface area contributed by atoms with Crippen molar-refractivity contribution in [2.45, 2.75) is 26.2 Å². The number of amides is 2. The van der Waals surface area contributed by atoms with Crippen molar-refractivity contribution in [3.05, 3.63) is 50.1 Å². The Hall–Kier alpha value is -1.66. The van der Waals surface area contributed by atoms with Gasteiger partial charge in [-0.3, -0.25) is 9.59 Å². The van der Waals surface area contributed by atoms with E-state index in [0.29, 0.717) is 11.6 Å². The second-order valence-electron chi connectivity index (χ2n) is 6.60. The molecule has 1 heterocycles. The van der Waals surface area contributed by atoms with Crippen LogP contribution < -0.4 is 5.32 Å². The summed E-state index contributed by atoms with van der Waals surface area (Å²) in [7, 11) is 1.67. The van der Waals surface area contributed by atoms with Crippen molar-refractivity contribution in [1.82, 2.24) is 4.90 Å². The smallest absolute Gasteiger partial charge is 0.264 e. The molecule has 1 aromatic heterocycles. The molecule has 0 unspecified atom stereocenters. The lowest BCUT2D eigenvalue weighted by atomic mass is 9.90. The van der Waals surface area contributed by atoms with Gasteiger partial charge in [0.25, 0.3) is 5.91 Å². The number of anilines is 1. The minimum atomic E-state index is -0.210. The number of halogens is 1. The Kier molecular flexibility index (Phi) is 5.59. The quantitative estimate of drug-likeness (QED) is 0.798. The molecule has 1 aromatic carbocycles. The van der Waals surface area contributed by atoms with Crippen molar-refractivity contribution in [2.75, 3.05) is 18.9 Å². The van der Waals surface area contributed by atoms with Crippen LogP contribution in [0.3, 0.4) is 0 Å². The SMILES string of the molecule is C[C@@H]1CCc2sc(C(=O)N(C)CC(=O)Nc3ccccc3Br)cc2C1. The number of rotatable bonds is 4. The highest BCUT2D eigenvalue weighted by atomic mass is 79.9. The van der Waals surface area contributed by atoms with Gasteiger partial charge in [-0.2, -0.15) is 0 Å². The second kappa shape index (κ2) is 7.70. The number of carbonyl (C=O) groups excluding carboxylic acids is 2. The molecule has 2 amide bonds. The van der Waals surface area contributed by atoms with Crippen LogP contribution in [-0.2, 0) is 17.6 Å². The summed E-state index contributed by atoms with van der Waals surface area (Å²) in [6.45, 7) is 2.28. The summed E-state index contributed by atoms with van der Waals surface area (Å²) < 4.78 is 0.817. The van der Waals surface area contributed by atoms with Crippen molar-refractivity contribution in [2.24, 2.45) is 5.92 Å². The summed E-state index contributed by atoms with van der Waals surface area (Å²) in [5.74, 6) is 0.380. The fourth-order valence-electron chi connectivity index (χ4n) is 3.04. The fraction of sp³-hybridized carbons (Fsp3) is 0.368. The molecule has 0 bridgehead atoms. The van der Waals surface area contributed by atoms with Gasteiger partial charge in [0, 0.05) is 16.4 Å². The molecule has 4 nitrogen and oxygen atoms in total. The predicted molar refractivity (Wildman–Crippen MR) is 105 cm³/mol. The minimum Gasteiger partial charge on any atom is -0.332 e. The molecule has 2 aromatic rings. The topological polar surface area (TPSA) is 49.4 Å². The molecule has 0 spiro atoms. The van der Waals surface area contributed by atoms with E-state index in [-0.39, 0.29) is 18.4 Å². The largest absolute Gasteiger partial charge is 0.332 e. The summed E-state index contributed by atoms with van der Waals surface area (Å²) >= 11 is 4.98. The van der Waals surface area contributed by atoms with Crippen LogP contribution in [0, 0.1) is 5.92 Å². The monoisotopic (exact) mass is 420 g/mol. The Morgan fingerprint density at radius 1 is 1.36 bits per heavy atom. The normalized spacial score (nSPS) is 16.2. The lowest BCUT2D eigenvalue weighted by Gasteiger charge is -2.16. The van der Waals surface area contributed by atoms with E-state index in [4.69, 9.17) is 0 Å². The van der Waals surface area contributed by atoms with Crippen LogP contribution in [0.2, 0.25) is 0 Å². The maximum atomic E-state index is 12.6. The van der Waals surface area contributed by atoms with Crippen LogP contribution in [0.15, 0.2) is 34.8 Å². The van der Waals surface area contributed by atoms with Crippen molar-refractivity contribution >= 4 is 44.8 Å². The van der Waals surface area contributed by atoms with E-state index in [1.165, 1.54) is 21.8 Å². The first-order chi connectivity index (χ1) is 11.9. The summed E-state index contributed by atoms with van der Waals surface area (Å²) in [6, 6.07) is 9.43. The van der Waals surface area contributed by atoms with Crippen LogP contribution in [0.4, 0.5) is 5.69 Å². The van der Waals surface area contributed by atoms with E-state index in [1.807, 2.05) is 30.3 Å². The number of fused-ring (bicyclic) bond motifs is 1. The molecule has 0 radical (unpaired) electrons. The molecule has 0 fully saturated rings. The third kappa shape index (κ3) is 4.30. The zero-order valence-electron chi connectivity index (χ0n) is 14.3. The molecule has 0 saturated heterocycles. The summed E-state index contributed by atoms with van der Waals surface area (Å²) in [5, 5.41) is 2.83. The average molecular weight is 421 g/mol. The molecule has 132 valence electrons. The Morgan fingerprint density at radius 3 is 2.88 bits per heavy atom. The van der Waals surface area contributed by atoms with Crippen LogP contribution >= 0.6 is 27.3 Å². The van der Waals surface area contributed by atoms with Gasteiger partial charge in [-0.15, -0.1) is 11.3 Å². The third-order valence-corrected chi connectivity index (χ3v) is 6.33. The number of nitrogens with one attached hydrogen (secondary N) is 1. The Bertz CT molecular complexity index is 802. The standard InChI is InChI=1S/C19H21BrN2O2S/c1-12-7-8-16-13(9-12)10-17(25-16)19(24)22(2)11-18(23)21-15-6-4-3-5-14(15)20/h3-6,10,12H,7-9,11H2,1-2H3,(H,21,23)/t12-/m1/s1. The molecule has 1 atom stereocenters. The molecule has 25 heavy (non-hydrogen) atoms. The molecule has 1 aliphatic carbocycles. The molecule has 6 heteroatoms. The van der Waals surface area contributed by atoms with Gasteiger partial charge < -0.3 is 10.2 Å². The zero-order chi connectivity index (χ0) is 18.0. The molecule has 0 aliphatic heterocycles. The molecular formula is C19H21BrN2O2S. The van der Waals surface area contributed by atoms with Gasteiger partial charge >= 0.3 is 0 Å². The van der Waals surface area contributed by atoms with Crippen LogP contribution in [0.5, 0.6) is 0 Å². The number of hydrogen-bond acceptors (Lipinski definition) is 3. The number of hydrogen-bond donors (Lipinski definition) is 1. The van der Waals surface area contributed by atoms with Gasteiger partial charge in [-0.05, 0) is 64.9 Å². The number of benzene rings is 1. The van der Waals surface area contributed by atoms with E-state index in [2.05, 4.69) is 28.2 Å². The van der Waals surface area contributed by atoms with Gasteiger partial charge in [0.1, 0.15) is 0 Å². The first-order valence-electron chi connectivity index (χ1n) is 8.35. The van der Waals surface area contributed by atoms with Gasteiger partial charge in [0.05, 0.1) is 17.1 Å². The number of aryl methyl sites for hydroxylation is 1. The number of thiophene rings is 1. The zero-order valence-corrected chi connectivity index (χ0v) is 16.7. The summed E-state index contributed by atoms with van der Waals surface area (Å²) in [6.07, 6.45) is 3.29. The van der Waals surface area contributed by atoms with E-state index >= 15 is 0 Å². The van der Waals surface area contributed by atoms with Gasteiger partial charge in [0.2, 0.25) is 5.91 Å². The minimum absolute atomic E-state index is 0.0269. The second-order valence-corrected chi connectivity index (χ2v) is 8.59. The first kappa shape index (κ1) is 18.1. The molecule has 1 aliphatic rings. The van der Waals surface area contributed by atoms with Gasteiger partial charge in [-0.1, -0.05) is 19.1 Å². The van der Waals surface area contributed by atoms with Gasteiger partial charge in [-0.25, -0.2) is 0 Å². The average Bonchev–Trinajstić information content (AvgIpc) is 2.99. The number of likely N-dealkylation sites (N-methyl/N-ethyl adjacent to an activating group) is 1. The highest BCUT2D eigenvalue weighted by molar-refractivity contribution is 9.10. The molecular weight excluding hydrogens is 400 g/mol. The number of para-hydroxylation sites is 1. The van der Waals surface area contributed by atoms with Crippen molar-refractivity contribution in [3.63, 3.8) is 0 Å². The molecule has 3 rings (SSSR count). The van der Waals surface area contributed by atoms with E-state index in [1.54, 1.807) is 18.4 Å². The van der Waals surface area contributed by atoms with Gasteiger partial charge in [0.15, 0.2) is 0 Å². The van der Waals surface area contributed by atoms with Crippen molar-refractivity contribution < 1.29 is 9.59 Å². The van der Waals surface area contributed by atoms with E-state index < -0.39 is 0 Å². The molecule has 0 saturated carbocycles. The highest BCUT2D eigenvalue weighted by Crippen LogP contribution is 2.32. The summed E-state index contributed by atoms with van der Waals surface area (Å²) in [5.41, 5.74) is 2.01. The Labute approximate surface area is 160 Å². The van der Waals surface area contributed by atoms with Crippen LogP contribution in [0.1, 0.15) is 33.5 Å². The van der Waals surface area contributed by atoms with E-state index in [0.717, 1.165) is 22.2 Å². The van der Waals surface area contributed by atoms with E-state index in [9.17, 15) is 9.59 Å². The molecule has 1 N–H and O–H groups in total. The lowest BCUT2D eigenvalue weighted by Crippen LogP contribution is -2.34. The lowest BCUT2D eigenvalue weighted by molar-refractivity contribution is -0.116. The number of carbonyl (C=O) groups is 2. The Balaban J connectivity index is 1.63. The van der Waals surface area contributed by atoms with Crippen LogP contribution in [-0.4, -0.2) is 30.3 Å². The first-order valence-corrected chi connectivity index (χ1v) is 9.96. The maximum absolute atomic E-state index is 12.6. The third-order valence-electron chi connectivity index (χ3n) is 4.42. The summed E-state index contributed by atoms with van der Waals surface area (Å²) in [4.78, 5) is 28.4. The Morgan fingerprint density at radius 2 is 2.12 bits per heavy atom. The number of nitrogens with zero attached hydrogens (tertiary/aromatic N) is 1. The highest BCUT2D eigenvalue weighted by Gasteiger charge is 2.23. The fourth-order valence-corrected chi connectivity index (χ4v) is 4.63. The predicted octanol–water partition coefficient (Wildman–Crippen LogP) is 4.35.